The minimum absolute atomic E-state index is 0.0405. The second-order valence-corrected chi connectivity index (χ2v) is 10.8. The van der Waals surface area contributed by atoms with E-state index < -0.39 is 0 Å². The van der Waals surface area contributed by atoms with Gasteiger partial charge in [0.1, 0.15) is 11.8 Å². The summed E-state index contributed by atoms with van der Waals surface area (Å²) in [5.74, 6) is 3.68. The lowest BCUT2D eigenvalue weighted by Crippen LogP contribution is -2.62. The van der Waals surface area contributed by atoms with Crippen molar-refractivity contribution in [2.75, 3.05) is 20.3 Å². The van der Waals surface area contributed by atoms with Crippen molar-refractivity contribution in [1.82, 2.24) is 4.90 Å². The highest BCUT2D eigenvalue weighted by atomic mass is 16.7. The molecule has 2 aliphatic heterocycles. The zero-order chi connectivity index (χ0) is 19.3. The molecule has 0 N–H and O–H groups in total. The molecule has 6 rings (SSSR count). The van der Waals surface area contributed by atoms with Crippen LogP contribution < -0.4 is 0 Å². The largest absolute Gasteiger partial charge is 0.352 e. The summed E-state index contributed by atoms with van der Waals surface area (Å²) in [5.41, 5.74) is 1.43. The predicted octanol–water partition coefficient (Wildman–Crippen LogP) is 4.08. The molecule has 1 aromatic carbocycles. The van der Waals surface area contributed by atoms with E-state index in [-0.39, 0.29) is 23.5 Å². The van der Waals surface area contributed by atoms with Crippen molar-refractivity contribution in [3.63, 3.8) is 0 Å². The van der Waals surface area contributed by atoms with Crippen LogP contribution in [-0.4, -0.2) is 43.2 Å². The van der Waals surface area contributed by atoms with Crippen LogP contribution in [0.5, 0.6) is 0 Å². The van der Waals surface area contributed by atoms with E-state index in [2.05, 4.69) is 63.1 Å². The standard InChI is InChI=1S/C24H33NO3/c1-14-21(15-8-6-5-7-9-15)28-24(25(14)4)11-17-18(24)10-16-19(17)20(16)22-26-12-23(2,3)13-27-22/h5-9,14,16-22H,10-13H2,1-4H3. The minimum atomic E-state index is -0.0428. The summed E-state index contributed by atoms with van der Waals surface area (Å²) in [6.07, 6.45) is 2.69. The number of benzene rings is 1. The Bertz CT molecular complexity index is 756. The van der Waals surface area contributed by atoms with Crippen molar-refractivity contribution in [2.45, 2.75) is 57.8 Å². The molecule has 1 spiro atoms. The van der Waals surface area contributed by atoms with Gasteiger partial charge >= 0.3 is 0 Å². The van der Waals surface area contributed by atoms with Gasteiger partial charge in [0.2, 0.25) is 0 Å². The summed E-state index contributed by atoms with van der Waals surface area (Å²) in [6, 6.07) is 11.2. The van der Waals surface area contributed by atoms with Crippen LogP contribution in [0.25, 0.3) is 0 Å². The van der Waals surface area contributed by atoms with Crippen LogP contribution in [0.2, 0.25) is 0 Å². The smallest absolute Gasteiger partial charge is 0.160 e. The molecule has 2 heterocycles. The van der Waals surface area contributed by atoms with E-state index in [1.807, 2.05) is 0 Å². The normalized spacial score (nSPS) is 49.6. The van der Waals surface area contributed by atoms with E-state index in [0.717, 1.165) is 31.0 Å². The van der Waals surface area contributed by atoms with Gasteiger partial charge in [0.25, 0.3) is 0 Å². The third-order valence-electron chi connectivity index (χ3n) is 8.63. The number of hydrogen-bond donors (Lipinski definition) is 0. The fraction of sp³-hybridized carbons (Fsp3) is 0.750. The van der Waals surface area contributed by atoms with Crippen LogP contribution >= 0.6 is 0 Å². The lowest BCUT2D eigenvalue weighted by molar-refractivity contribution is -0.251. The van der Waals surface area contributed by atoms with Crippen molar-refractivity contribution in [2.24, 2.45) is 35.0 Å². The molecule has 2 saturated heterocycles. The Morgan fingerprint density at radius 2 is 1.71 bits per heavy atom. The SMILES string of the molecule is CC1C(c2ccccc2)OC2(CC3C4C(CC32)C4C2OCC(C)(C)CO2)N1C. The molecular formula is C24H33NO3. The van der Waals surface area contributed by atoms with Crippen molar-refractivity contribution < 1.29 is 14.2 Å². The first-order valence-corrected chi connectivity index (χ1v) is 11.1. The number of fused-ring (bicyclic) bond motifs is 4. The fourth-order valence-corrected chi connectivity index (χ4v) is 7.00. The molecule has 1 aromatic rings. The highest BCUT2D eigenvalue weighted by Gasteiger charge is 2.76. The van der Waals surface area contributed by atoms with E-state index >= 15 is 0 Å². The molecule has 4 heteroatoms. The van der Waals surface area contributed by atoms with Crippen molar-refractivity contribution in [3.8, 4) is 0 Å². The van der Waals surface area contributed by atoms with Crippen molar-refractivity contribution in [1.29, 1.82) is 0 Å². The number of ether oxygens (including phenoxy) is 3. The molecule has 28 heavy (non-hydrogen) atoms. The van der Waals surface area contributed by atoms with Crippen LogP contribution in [0.1, 0.15) is 45.3 Å². The molecule has 0 amide bonds. The van der Waals surface area contributed by atoms with E-state index in [9.17, 15) is 0 Å². The van der Waals surface area contributed by atoms with Gasteiger partial charge in [-0.1, -0.05) is 44.2 Å². The highest BCUT2D eigenvalue weighted by Crippen LogP contribution is 2.75. The Morgan fingerprint density at radius 3 is 2.39 bits per heavy atom. The van der Waals surface area contributed by atoms with Crippen LogP contribution in [0, 0.1) is 35.0 Å². The van der Waals surface area contributed by atoms with Gasteiger partial charge in [0.05, 0.1) is 13.2 Å². The summed E-state index contributed by atoms with van der Waals surface area (Å²) < 4.78 is 19.1. The summed E-state index contributed by atoms with van der Waals surface area (Å²) in [4.78, 5) is 2.54. The van der Waals surface area contributed by atoms with E-state index in [0.29, 0.717) is 17.9 Å². The van der Waals surface area contributed by atoms with Crippen LogP contribution in [0.15, 0.2) is 30.3 Å². The first-order valence-electron chi connectivity index (χ1n) is 11.1. The monoisotopic (exact) mass is 383 g/mol. The maximum absolute atomic E-state index is 6.85. The predicted molar refractivity (Wildman–Crippen MR) is 106 cm³/mol. The van der Waals surface area contributed by atoms with Crippen LogP contribution in [0.3, 0.4) is 0 Å². The molecule has 8 atom stereocenters. The molecule has 8 unspecified atom stereocenters. The van der Waals surface area contributed by atoms with Crippen LogP contribution in [0.4, 0.5) is 0 Å². The molecule has 5 aliphatic rings. The zero-order valence-electron chi connectivity index (χ0n) is 17.5. The van der Waals surface area contributed by atoms with Crippen LogP contribution in [-0.2, 0) is 14.2 Å². The molecule has 3 aliphatic carbocycles. The molecule has 4 nitrogen and oxygen atoms in total. The second-order valence-electron chi connectivity index (χ2n) is 10.8. The van der Waals surface area contributed by atoms with Crippen molar-refractivity contribution >= 4 is 0 Å². The van der Waals surface area contributed by atoms with Gasteiger partial charge in [-0.15, -0.1) is 0 Å². The number of rotatable bonds is 2. The third kappa shape index (κ3) is 2.32. The molecular weight excluding hydrogens is 350 g/mol. The molecule has 3 saturated carbocycles. The average Bonchev–Trinajstić information content (AvgIpc) is 3.19. The Hall–Kier alpha value is -0.940. The summed E-state index contributed by atoms with van der Waals surface area (Å²) in [5, 5.41) is 0. The first kappa shape index (κ1) is 17.9. The second kappa shape index (κ2) is 5.81. The van der Waals surface area contributed by atoms with Gasteiger partial charge in [0, 0.05) is 23.3 Å². The quantitative estimate of drug-likeness (QED) is 0.770. The molecule has 0 radical (unpaired) electrons. The molecule has 0 aromatic heterocycles. The third-order valence-corrected chi connectivity index (χ3v) is 8.63. The van der Waals surface area contributed by atoms with Gasteiger partial charge < -0.3 is 14.2 Å². The Balaban J connectivity index is 1.15. The first-order chi connectivity index (χ1) is 13.4. The van der Waals surface area contributed by atoms with E-state index in [1.165, 1.54) is 18.4 Å². The molecule has 5 fully saturated rings. The topological polar surface area (TPSA) is 30.9 Å². The van der Waals surface area contributed by atoms with Gasteiger partial charge in [-0.05, 0) is 50.1 Å². The zero-order valence-corrected chi connectivity index (χ0v) is 17.5. The maximum Gasteiger partial charge on any atom is 0.160 e. The summed E-state index contributed by atoms with van der Waals surface area (Å²) in [6.45, 7) is 8.42. The minimum Gasteiger partial charge on any atom is -0.352 e. The van der Waals surface area contributed by atoms with E-state index in [1.54, 1.807) is 0 Å². The number of likely N-dealkylation sites (N-methyl/N-ethyl adjacent to an activating group) is 1. The Morgan fingerprint density at radius 1 is 1.00 bits per heavy atom. The lowest BCUT2D eigenvalue weighted by atomic mass is 9.64. The number of nitrogens with zero attached hydrogens (tertiary/aromatic N) is 1. The van der Waals surface area contributed by atoms with Gasteiger partial charge in [-0.3, -0.25) is 4.90 Å². The van der Waals surface area contributed by atoms with Gasteiger partial charge in [-0.2, -0.15) is 0 Å². The molecule has 0 bridgehead atoms. The Labute approximate surface area is 168 Å². The lowest BCUT2D eigenvalue weighted by Gasteiger charge is -2.55. The molecule has 152 valence electrons. The van der Waals surface area contributed by atoms with Gasteiger partial charge in [-0.25, -0.2) is 0 Å². The fourth-order valence-electron chi connectivity index (χ4n) is 7.00. The van der Waals surface area contributed by atoms with Gasteiger partial charge in [0.15, 0.2) is 6.29 Å². The maximum atomic E-state index is 6.85. The van der Waals surface area contributed by atoms with E-state index in [4.69, 9.17) is 14.2 Å². The summed E-state index contributed by atoms with van der Waals surface area (Å²) >= 11 is 0. The average molecular weight is 384 g/mol. The highest BCUT2D eigenvalue weighted by molar-refractivity contribution is 5.26. The number of hydrogen-bond acceptors (Lipinski definition) is 4. The van der Waals surface area contributed by atoms with Crippen molar-refractivity contribution in [3.05, 3.63) is 35.9 Å². The Kier molecular flexibility index (Phi) is 3.71. The summed E-state index contributed by atoms with van der Waals surface area (Å²) in [7, 11) is 2.28.